The molecular weight excluding hydrogens is 887 g/mol. The van der Waals surface area contributed by atoms with Crippen LogP contribution in [0, 0.1) is 23.7 Å². The van der Waals surface area contributed by atoms with Crippen LogP contribution in [0.4, 0.5) is 4.79 Å². The number of likely N-dealkylation sites (N-methyl/N-ethyl adjacent to an activating group) is 2. The van der Waals surface area contributed by atoms with Crippen LogP contribution in [-0.4, -0.2) is 131 Å². The van der Waals surface area contributed by atoms with Gasteiger partial charge < -0.3 is 29.3 Å². The van der Waals surface area contributed by atoms with Crippen LogP contribution >= 0.6 is 0 Å². The summed E-state index contributed by atoms with van der Waals surface area (Å²) >= 11 is 0. The molecule has 3 aromatic rings. The zero-order valence-electron chi connectivity index (χ0n) is 41.6. The number of amides is 5. The minimum absolute atomic E-state index is 0.0886. The number of carbonyl (C=O) groups excluding carboxylic acids is 5. The van der Waals surface area contributed by atoms with Crippen LogP contribution < -0.4 is 10.0 Å². The predicted octanol–water partition coefficient (Wildman–Crippen LogP) is 6.60. The number of nitrogens with one attached hydrogen (secondary N) is 2. The monoisotopic (exact) mass is 960 g/mol. The molecular formula is C52H73N5O10S. The van der Waals surface area contributed by atoms with E-state index < -0.39 is 70.2 Å². The van der Waals surface area contributed by atoms with Crippen molar-refractivity contribution in [2.24, 2.45) is 23.7 Å². The lowest BCUT2D eigenvalue weighted by molar-refractivity contribution is -0.148. The Hall–Kier alpha value is -5.32. The van der Waals surface area contributed by atoms with Crippen molar-refractivity contribution >= 4 is 39.7 Å². The highest BCUT2D eigenvalue weighted by molar-refractivity contribution is 7.89. The number of likely N-dealkylation sites (tertiary alicyclic amines) is 1. The molecule has 1 aliphatic heterocycles. The van der Waals surface area contributed by atoms with Gasteiger partial charge in [0, 0.05) is 40.8 Å². The molecule has 3 aromatic carbocycles. The van der Waals surface area contributed by atoms with E-state index in [1.54, 1.807) is 54.1 Å². The largest absolute Gasteiger partial charge is 0.448 e. The van der Waals surface area contributed by atoms with Crippen molar-refractivity contribution < 1.29 is 46.6 Å². The fourth-order valence-corrected chi connectivity index (χ4v) is 11.3. The van der Waals surface area contributed by atoms with Gasteiger partial charge in [0.2, 0.25) is 33.7 Å². The van der Waals surface area contributed by atoms with Crippen LogP contribution in [0.2, 0.25) is 0 Å². The summed E-state index contributed by atoms with van der Waals surface area (Å²) in [4.78, 5) is 75.0. The van der Waals surface area contributed by atoms with Crippen LogP contribution in [-0.2, 0) is 49.2 Å². The van der Waals surface area contributed by atoms with E-state index in [0.717, 1.165) is 22.3 Å². The molecule has 2 N–H and O–H groups in total. The fraction of sp³-hybridized carbons (Fsp3) is 0.558. The van der Waals surface area contributed by atoms with Gasteiger partial charge in [0.15, 0.2) is 0 Å². The second kappa shape index (κ2) is 23.8. The molecule has 1 aliphatic carbocycles. The van der Waals surface area contributed by atoms with Crippen molar-refractivity contribution in [2.75, 3.05) is 41.5 Å². The lowest BCUT2D eigenvalue weighted by Crippen LogP contribution is -2.60. The molecule has 8 atom stereocenters. The lowest BCUT2D eigenvalue weighted by atomic mass is 9.89. The van der Waals surface area contributed by atoms with Crippen LogP contribution in [0.25, 0.3) is 11.1 Å². The number of hydrogen-bond donors (Lipinski definition) is 2. The van der Waals surface area contributed by atoms with Gasteiger partial charge in [-0.2, -0.15) is 0 Å². The van der Waals surface area contributed by atoms with Crippen molar-refractivity contribution in [1.82, 2.24) is 24.7 Å². The molecule has 2 aliphatic rings. The number of ether oxygens (including phenoxy) is 3. The SMILES string of the molecule is CC[C@H](C)[C@@H]([C@@H](CC(=O)N1CCC[C@H]1[C@H](OC)[C@@H](C)C(=O)NS(=O)(=O)Cc1ccccc1)OC)N(C)C(=O)[C@@H](NC(=O)[C@H](C(C)C)N(C)C(=O)OCC1c2ccccc2-c2ccccc21)C(C)C. The van der Waals surface area contributed by atoms with Gasteiger partial charge in [0.05, 0.1) is 42.4 Å². The summed E-state index contributed by atoms with van der Waals surface area (Å²) in [5.41, 5.74) is 4.89. The third kappa shape index (κ3) is 12.5. The highest BCUT2D eigenvalue weighted by Crippen LogP contribution is 2.44. The van der Waals surface area contributed by atoms with Gasteiger partial charge in [0.25, 0.3) is 0 Å². The van der Waals surface area contributed by atoms with Crippen molar-refractivity contribution in [1.29, 1.82) is 0 Å². The molecule has 0 aromatic heterocycles. The number of rotatable bonds is 22. The maximum atomic E-state index is 14.7. The van der Waals surface area contributed by atoms with Crippen molar-refractivity contribution in [3.8, 4) is 11.1 Å². The predicted molar refractivity (Wildman–Crippen MR) is 262 cm³/mol. The van der Waals surface area contributed by atoms with E-state index in [1.807, 2.05) is 77.9 Å². The molecule has 0 radical (unpaired) electrons. The Morgan fingerprint density at radius 1 is 0.779 bits per heavy atom. The first-order valence-electron chi connectivity index (χ1n) is 23.8. The standard InChI is InChI=1S/C52H73N5O10S/c1-12-34(6)47(43(65-10)29-44(58)57-28-20-27-42(57)48(66-11)35(7)49(59)54-68(63,64)31-36-21-14-13-15-22-36)55(8)51(61)45(32(2)3)53-50(60)46(33(4)5)56(9)52(62)67-30-41-39-25-18-16-23-37(39)38-24-17-19-26-40(38)41/h13-19,21-26,32-35,41-43,45-48H,12,20,27-31H2,1-11H3,(H,53,60)(H,54,59)/t34-,35+,42-,43+,45-,46-,47-,48+/m0/s1. The van der Waals surface area contributed by atoms with Gasteiger partial charge >= 0.3 is 6.09 Å². The number of methoxy groups -OCH3 is 2. The Kier molecular flexibility index (Phi) is 18.8. The van der Waals surface area contributed by atoms with Gasteiger partial charge in [-0.15, -0.1) is 0 Å². The summed E-state index contributed by atoms with van der Waals surface area (Å²) in [5.74, 6) is -4.14. The Morgan fingerprint density at radius 2 is 1.37 bits per heavy atom. The molecule has 0 bridgehead atoms. The van der Waals surface area contributed by atoms with E-state index in [-0.39, 0.29) is 54.3 Å². The molecule has 0 saturated carbocycles. The van der Waals surface area contributed by atoms with Crippen LogP contribution in [0.3, 0.4) is 0 Å². The van der Waals surface area contributed by atoms with Crippen LogP contribution in [0.1, 0.15) is 96.8 Å². The highest BCUT2D eigenvalue weighted by Gasteiger charge is 2.44. The normalized spacial score (nSPS) is 17.8. The molecule has 0 spiro atoms. The van der Waals surface area contributed by atoms with E-state index in [0.29, 0.717) is 31.4 Å². The van der Waals surface area contributed by atoms with Crippen LogP contribution in [0.5, 0.6) is 0 Å². The maximum Gasteiger partial charge on any atom is 0.410 e. The smallest absolute Gasteiger partial charge is 0.410 e. The molecule has 0 unspecified atom stereocenters. The number of hydrogen-bond acceptors (Lipinski definition) is 10. The summed E-state index contributed by atoms with van der Waals surface area (Å²) in [6, 6.07) is 21.6. The van der Waals surface area contributed by atoms with Gasteiger partial charge in [-0.25, -0.2) is 13.2 Å². The average molecular weight is 960 g/mol. The number of fused-ring (bicyclic) bond motifs is 3. The molecule has 5 amide bonds. The summed E-state index contributed by atoms with van der Waals surface area (Å²) < 4.78 is 45.9. The molecule has 1 fully saturated rings. The first kappa shape index (κ1) is 53.6. The van der Waals surface area contributed by atoms with Gasteiger partial charge in [-0.3, -0.25) is 28.8 Å². The third-order valence-electron chi connectivity index (χ3n) is 13.9. The van der Waals surface area contributed by atoms with E-state index in [2.05, 4.69) is 22.2 Å². The van der Waals surface area contributed by atoms with Gasteiger partial charge in [-0.1, -0.05) is 134 Å². The first-order valence-corrected chi connectivity index (χ1v) is 25.5. The Balaban J connectivity index is 1.26. The van der Waals surface area contributed by atoms with Crippen molar-refractivity contribution in [3.63, 3.8) is 0 Å². The van der Waals surface area contributed by atoms with Crippen LogP contribution in [0.15, 0.2) is 78.9 Å². The zero-order valence-corrected chi connectivity index (χ0v) is 42.5. The molecule has 5 rings (SSSR count). The zero-order chi connectivity index (χ0) is 50.0. The fourth-order valence-electron chi connectivity index (χ4n) is 10.1. The van der Waals surface area contributed by atoms with Gasteiger partial charge in [-0.05, 0) is 58.4 Å². The van der Waals surface area contributed by atoms with E-state index in [9.17, 15) is 32.4 Å². The molecule has 16 heteroatoms. The number of benzene rings is 3. The summed E-state index contributed by atoms with van der Waals surface area (Å²) in [6.45, 7) is 13.4. The second-order valence-electron chi connectivity index (χ2n) is 19.1. The number of carbonyl (C=O) groups is 5. The number of sulfonamides is 1. The highest BCUT2D eigenvalue weighted by atomic mass is 32.2. The Bertz CT molecular complexity index is 2280. The van der Waals surface area contributed by atoms with Gasteiger partial charge in [0.1, 0.15) is 18.7 Å². The topological polar surface area (TPSA) is 181 Å². The first-order chi connectivity index (χ1) is 32.3. The molecule has 68 heavy (non-hydrogen) atoms. The van der Waals surface area contributed by atoms with E-state index in [4.69, 9.17) is 14.2 Å². The molecule has 372 valence electrons. The summed E-state index contributed by atoms with van der Waals surface area (Å²) in [5, 5.41) is 2.98. The van der Waals surface area contributed by atoms with Crippen molar-refractivity contribution in [2.45, 2.75) is 122 Å². The Labute approximate surface area is 403 Å². The molecule has 15 nitrogen and oxygen atoms in total. The quantitative estimate of drug-likeness (QED) is 0.111. The average Bonchev–Trinajstić information content (AvgIpc) is 3.92. The maximum absolute atomic E-state index is 14.7. The third-order valence-corrected chi connectivity index (χ3v) is 15.1. The van der Waals surface area contributed by atoms with E-state index >= 15 is 0 Å². The second-order valence-corrected chi connectivity index (χ2v) is 20.9. The Morgan fingerprint density at radius 3 is 1.91 bits per heavy atom. The number of nitrogens with zero attached hydrogens (tertiary/aromatic N) is 3. The lowest BCUT2D eigenvalue weighted by Gasteiger charge is -2.41. The molecule has 1 heterocycles. The minimum atomic E-state index is -4.01. The summed E-state index contributed by atoms with van der Waals surface area (Å²) in [6.07, 6.45) is -0.495. The minimum Gasteiger partial charge on any atom is -0.448 e. The molecule has 1 saturated heterocycles. The van der Waals surface area contributed by atoms with E-state index in [1.165, 1.54) is 26.2 Å². The van der Waals surface area contributed by atoms with Crippen molar-refractivity contribution in [3.05, 3.63) is 95.6 Å². The summed E-state index contributed by atoms with van der Waals surface area (Å²) in [7, 11) is 2.13.